The number of halogens is 10. The highest BCUT2D eigenvalue weighted by Crippen LogP contribution is 2.36. The lowest BCUT2D eigenvalue weighted by Gasteiger charge is -2.20. The van der Waals surface area contributed by atoms with Gasteiger partial charge in [-0.1, -0.05) is 43.4 Å². The van der Waals surface area contributed by atoms with Gasteiger partial charge in [0.05, 0.1) is 11.1 Å². The minimum Gasteiger partial charge on any atom is -0.429 e. The van der Waals surface area contributed by atoms with E-state index < -0.39 is 75.1 Å². The van der Waals surface area contributed by atoms with Crippen LogP contribution in [-0.2, 0) is 12.5 Å². The number of hydrogen-bond acceptors (Lipinski definition) is 1. The highest BCUT2D eigenvalue weighted by Gasteiger charge is 2.41. The third kappa shape index (κ3) is 7.98. The van der Waals surface area contributed by atoms with Gasteiger partial charge in [-0.05, 0) is 66.9 Å². The van der Waals surface area contributed by atoms with Gasteiger partial charge in [-0.15, -0.1) is 0 Å². The van der Waals surface area contributed by atoms with Crippen molar-refractivity contribution < 1.29 is 48.6 Å². The lowest BCUT2D eigenvalue weighted by molar-refractivity contribution is -0.189. The van der Waals surface area contributed by atoms with E-state index in [0.29, 0.717) is 31.0 Å². The van der Waals surface area contributed by atoms with Crippen molar-refractivity contribution in [3.8, 4) is 29.4 Å². The van der Waals surface area contributed by atoms with E-state index in [1.54, 1.807) is 0 Å². The van der Waals surface area contributed by atoms with Crippen LogP contribution in [0.4, 0.5) is 43.9 Å². The second-order valence-corrected chi connectivity index (χ2v) is 9.72. The highest BCUT2D eigenvalue weighted by atomic mass is 19.3. The minimum absolute atomic E-state index is 0.202. The molecule has 0 saturated carbocycles. The smallest absolute Gasteiger partial charge is 0.429 e. The maximum atomic E-state index is 14.7. The van der Waals surface area contributed by atoms with E-state index in [1.165, 1.54) is 0 Å². The molecule has 0 saturated heterocycles. The van der Waals surface area contributed by atoms with Crippen LogP contribution in [0.25, 0.3) is 0 Å². The van der Waals surface area contributed by atoms with Gasteiger partial charge in [-0.2, -0.15) is 8.78 Å². The third-order valence-corrected chi connectivity index (χ3v) is 6.35. The molecule has 0 aliphatic rings. The predicted molar refractivity (Wildman–Crippen MR) is 145 cm³/mol. The van der Waals surface area contributed by atoms with Gasteiger partial charge in [0.2, 0.25) is 0 Å². The zero-order chi connectivity index (χ0) is 32.9. The SMILES string of the molecule is CCCCCc1cc(F)c(C(F)(F)Oc2ccc(C#Cc3cc(F)c(C#Cc4cc(F)c(F)c(F)c4)c(F)c3)c(F)c2)c(F)c1. The summed E-state index contributed by atoms with van der Waals surface area (Å²) < 4.78 is 146. The van der Waals surface area contributed by atoms with E-state index in [0.717, 1.165) is 49.2 Å². The van der Waals surface area contributed by atoms with Crippen LogP contribution in [0, 0.1) is 70.2 Å². The Morgan fingerprint density at radius 3 is 1.71 bits per heavy atom. The Labute approximate surface area is 251 Å². The largest absolute Gasteiger partial charge is 0.432 e. The van der Waals surface area contributed by atoms with Crippen LogP contribution in [-0.4, -0.2) is 0 Å². The van der Waals surface area contributed by atoms with Crippen LogP contribution in [0.3, 0.4) is 0 Å². The average Bonchev–Trinajstić information content (AvgIpc) is 2.94. The van der Waals surface area contributed by atoms with Crippen LogP contribution < -0.4 is 4.74 Å². The highest BCUT2D eigenvalue weighted by molar-refractivity contribution is 5.50. The van der Waals surface area contributed by atoms with E-state index in [4.69, 9.17) is 0 Å². The van der Waals surface area contributed by atoms with Gasteiger partial charge in [0.25, 0.3) is 0 Å². The molecule has 0 amide bonds. The third-order valence-electron chi connectivity index (χ3n) is 6.35. The molecule has 0 aliphatic carbocycles. The molecule has 0 bridgehead atoms. The number of unbranched alkanes of at least 4 members (excludes halogenated alkanes) is 2. The zero-order valence-corrected chi connectivity index (χ0v) is 23.2. The molecule has 45 heavy (non-hydrogen) atoms. The van der Waals surface area contributed by atoms with Crippen molar-refractivity contribution in [2.24, 2.45) is 0 Å². The number of aryl methyl sites for hydroxylation is 1. The second-order valence-electron chi connectivity index (χ2n) is 9.72. The van der Waals surface area contributed by atoms with E-state index in [2.05, 4.69) is 28.4 Å². The maximum absolute atomic E-state index is 14.7. The Hall–Kier alpha value is -4.90. The van der Waals surface area contributed by atoms with Gasteiger partial charge in [0.1, 0.15) is 40.4 Å². The van der Waals surface area contributed by atoms with E-state index in [-0.39, 0.29) is 16.7 Å². The summed E-state index contributed by atoms with van der Waals surface area (Å²) in [7, 11) is 0. The average molecular weight is 635 g/mol. The van der Waals surface area contributed by atoms with Crippen molar-refractivity contribution in [3.63, 3.8) is 0 Å². The first kappa shape index (κ1) is 33.0. The maximum Gasteiger partial charge on any atom is 0.432 e. The van der Waals surface area contributed by atoms with Crippen LogP contribution in [0.2, 0.25) is 0 Å². The fraction of sp³-hybridized carbons (Fsp3) is 0.176. The van der Waals surface area contributed by atoms with E-state index in [1.807, 2.05) is 6.92 Å². The number of hydrogen-bond donors (Lipinski definition) is 0. The molecule has 0 heterocycles. The second kappa shape index (κ2) is 13.8. The molecule has 0 fully saturated rings. The van der Waals surface area contributed by atoms with Crippen molar-refractivity contribution >= 4 is 0 Å². The summed E-state index contributed by atoms with van der Waals surface area (Å²) in [6, 6.07) is 6.40. The summed E-state index contributed by atoms with van der Waals surface area (Å²) in [5, 5.41) is 0. The molecule has 4 rings (SSSR count). The van der Waals surface area contributed by atoms with Gasteiger partial charge < -0.3 is 4.74 Å². The van der Waals surface area contributed by atoms with Crippen molar-refractivity contribution in [1.29, 1.82) is 0 Å². The molecule has 0 aliphatic heterocycles. The topological polar surface area (TPSA) is 9.23 Å². The Kier molecular flexibility index (Phi) is 10.1. The first-order valence-electron chi connectivity index (χ1n) is 13.3. The first-order chi connectivity index (χ1) is 21.3. The summed E-state index contributed by atoms with van der Waals surface area (Å²) in [5.74, 6) is -3.57. The Morgan fingerprint density at radius 2 is 1.16 bits per heavy atom. The van der Waals surface area contributed by atoms with Crippen LogP contribution in [0.1, 0.15) is 59.6 Å². The fourth-order valence-corrected chi connectivity index (χ4v) is 4.15. The lowest BCUT2D eigenvalue weighted by Crippen LogP contribution is -2.25. The quantitative estimate of drug-likeness (QED) is 0.0852. The zero-order valence-electron chi connectivity index (χ0n) is 23.2. The molecule has 0 radical (unpaired) electrons. The van der Waals surface area contributed by atoms with Crippen molar-refractivity contribution in [2.45, 2.75) is 38.7 Å². The number of ether oxygens (including phenoxy) is 1. The summed E-state index contributed by atoms with van der Waals surface area (Å²) >= 11 is 0. The van der Waals surface area contributed by atoms with Gasteiger partial charge in [0.15, 0.2) is 17.5 Å². The van der Waals surface area contributed by atoms with Gasteiger partial charge >= 0.3 is 6.11 Å². The van der Waals surface area contributed by atoms with Crippen molar-refractivity contribution in [2.75, 3.05) is 0 Å². The monoisotopic (exact) mass is 634 g/mol. The molecular weight excluding hydrogens is 614 g/mol. The van der Waals surface area contributed by atoms with Crippen LogP contribution in [0.5, 0.6) is 5.75 Å². The molecule has 0 spiro atoms. The Morgan fingerprint density at radius 1 is 0.600 bits per heavy atom. The summed E-state index contributed by atoms with van der Waals surface area (Å²) in [6.45, 7) is 1.93. The molecule has 4 aromatic rings. The molecule has 0 aromatic heterocycles. The number of benzene rings is 4. The molecule has 0 N–H and O–H groups in total. The van der Waals surface area contributed by atoms with Crippen LogP contribution >= 0.6 is 0 Å². The standard InChI is InChI=1S/C34H20F10O/c1-2-3-4-5-19-14-28(38)32(29(39)15-19)34(43,44)45-23-10-9-22(25(35)18-23)8-6-20-12-26(36)24(27(37)13-20)11-7-21-16-30(40)33(42)31(41)17-21/h9-10,12-18H,2-5H2,1H3. The van der Waals surface area contributed by atoms with Crippen molar-refractivity contribution in [3.05, 3.63) is 135 Å². The normalized spacial score (nSPS) is 11.0. The fourth-order valence-electron chi connectivity index (χ4n) is 4.15. The Balaban J connectivity index is 1.51. The molecule has 4 aromatic carbocycles. The summed E-state index contributed by atoms with van der Waals surface area (Å²) in [5.41, 5.74) is -3.30. The number of rotatable bonds is 7. The molecule has 11 heteroatoms. The van der Waals surface area contributed by atoms with Crippen LogP contribution in [0.15, 0.2) is 54.6 Å². The summed E-state index contributed by atoms with van der Waals surface area (Å²) in [4.78, 5) is 0. The van der Waals surface area contributed by atoms with Gasteiger partial charge in [0, 0.05) is 17.2 Å². The Bertz CT molecular complexity index is 1810. The van der Waals surface area contributed by atoms with Crippen molar-refractivity contribution in [1.82, 2.24) is 0 Å². The molecular formula is C34H20F10O. The first-order valence-corrected chi connectivity index (χ1v) is 13.3. The molecule has 0 unspecified atom stereocenters. The molecule has 0 atom stereocenters. The number of alkyl halides is 2. The van der Waals surface area contributed by atoms with Gasteiger partial charge in [-0.25, -0.2) is 35.1 Å². The summed E-state index contributed by atoms with van der Waals surface area (Å²) in [6.07, 6.45) is -1.95. The molecule has 232 valence electrons. The molecule has 1 nitrogen and oxygen atoms in total. The van der Waals surface area contributed by atoms with E-state index >= 15 is 0 Å². The predicted octanol–water partition coefficient (Wildman–Crippen LogP) is 9.46. The lowest BCUT2D eigenvalue weighted by atomic mass is 10.0. The minimum atomic E-state index is -4.51. The van der Waals surface area contributed by atoms with Gasteiger partial charge in [-0.3, -0.25) is 0 Å². The van der Waals surface area contributed by atoms with E-state index in [9.17, 15) is 43.9 Å².